The molecule has 0 aliphatic heterocycles. The van der Waals surface area contributed by atoms with E-state index in [1.165, 1.54) is 0 Å². The zero-order valence-electron chi connectivity index (χ0n) is 10.2. The minimum absolute atomic E-state index is 0.524. The van der Waals surface area contributed by atoms with Gasteiger partial charge in [0, 0.05) is 6.20 Å². The summed E-state index contributed by atoms with van der Waals surface area (Å²) in [7, 11) is 1.63. The summed E-state index contributed by atoms with van der Waals surface area (Å²) in [5, 5.41) is 8.86. The molecule has 0 N–H and O–H groups in total. The van der Waals surface area contributed by atoms with Gasteiger partial charge in [-0.25, -0.2) is 0 Å². The Morgan fingerprint density at radius 3 is 2.56 bits per heavy atom. The van der Waals surface area contributed by atoms with Crippen LogP contribution in [0.15, 0.2) is 42.6 Å². The lowest BCUT2D eigenvalue weighted by atomic mass is 10.3. The van der Waals surface area contributed by atoms with E-state index >= 15 is 0 Å². The van der Waals surface area contributed by atoms with Crippen molar-refractivity contribution in [2.45, 2.75) is 6.54 Å². The number of nitriles is 1. The molecule has 0 unspecified atom stereocenters. The smallest absolute Gasteiger partial charge is 0.120 e. The topological polar surface area (TPSA) is 47.2 Å². The molecule has 1 heterocycles. The van der Waals surface area contributed by atoms with Gasteiger partial charge in [0.25, 0.3) is 0 Å². The Bertz CT molecular complexity index is 538. The number of methoxy groups -OCH3 is 1. The third kappa shape index (κ3) is 2.83. The molecule has 0 radical (unpaired) electrons. The maximum absolute atomic E-state index is 8.86. The second kappa shape index (κ2) is 5.78. The summed E-state index contributed by atoms with van der Waals surface area (Å²) in [6, 6.07) is 13.2. The Balaban J connectivity index is 1.87. The molecule has 0 fully saturated rings. The van der Waals surface area contributed by atoms with E-state index in [-0.39, 0.29) is 0 Å². The van der Waals surface area contributed by atoms with Crippen LogP contribution in [0.5, 0.6) is 11.5 Å². The van der Waals surface area contributed by atoms with Crippen molar-refractivity contribution in [3.05, 3.63) is 48.3 Å². The summed E-state index contributed by atoms with van der Waals surface area (Å²) in [4.78, 5) is 0. The Morgan fingerprint density at radius 1 is 1.17 bits per heavy atom. The molecule has 0 spiro atoms. The molecule has 0 saturated heterocycles. The lowest BCUT2D eigenvalue weighted by molar-refractivity contribution is 0.297. The molecule has 4 heteroatoms. The predicted molar refractivity (Wildman–Crippen MR) is 67.6 cm³/mol. The fourth-order valence-corrected chi connectivity index (χ4v) is 1.64. The summed E-state index contributed by atoms with van der Waals surface area (Å²) >= 11 is 0. The van der Waals surface area contributed by atoms with Gasteiger partial charge in [0.05, 0.1) is 13.7 Å². The van der Waals surface area contributed by atoms with Gasteiger partial charge in [-0.2, -0.15) is 5.26 Å². The third-order valence-corrected chi connectivity index (χ3v) is 2.60. The highest BCUT2D eigenvalue weighted by Gasteiger charge is 1.99. The number of benzene rings is 1. The van der Waals surface area contributed by atoms with Gasteiger partial charge in [-0.15, -0.1) is 0 Å². The average Bonchev–Trinajstić information content (AvgIpc) is 2.87. The molecule has 0 amide bonds. The fourth-order valence-electron chi connectivity index (χ4n) is 1.64. The monoisotopic (exact) mass is 242 g/mol. The molecule has 0 aliphatic carbocycles. The van der Waals surface area contributed by atoms with Crippen LogP contribution < -0.4 is 9.47 Å². The summed E-state index contributed by atoms with van der Waals surface area (Å²) in [5.74, 6) is 1.60. The summed E-state index contributed by atoms with van der Waals surface area (Å²) in [6.07, 6.45) is 1.87. The van der Waals surface area contributed by atoms with Crippen LogP contribution in [-0.4, -0.2) is 18.3 Å². The maximum Gasteiger partial charge on any atom is 0.120 e. The Kier molecular flexibility index (Phi) is 3.87. The van der Waals surface area contributed by atoms with Crippen LogP contribution in [0.3, 0.4) is 0 Å². The molecule has 0 bridgehead atoms. The van der Waals surface area contributed by atoms with Gasteiger partial charge in [0.2, 0.25) is 0 Å². The number of aromatic nitrogens is 1. The number of ether oxygens (including phenoxy) is 2. The van der Waals surface area contributed by atoms with Gasteiger partial charge in [-0.3, -0.25) is 0 Å². The number of rotatable bonds is 5. The molecule has 2 rings (SSSR count). The molecule has 1 aromatic heterocycles. The highest BCUT2D eigenvalue weighted by atomic mass is 16.5. The molecule has 18 heavy (non-hydrogen) atoms. The van der Waals surface area contributed by atoms with Crippen molar-refractivity contribution in [1.29, 1.82) is 5.26 Å². The zero-order valence-corrected chi connectivity index (χ0v) is 10.2. The van der Waals surface area contributed by atoms with Crippen LogP contribution in [0.2, 0.25) is 0 Å². The lowest BCUT2D eigenvalue weighted by Crippen LogP contribution is -2.08. The van der Waals surface area contributed by atoms with Gasteiger partial charge in [0.15, 0.2) is 0 Å². The normalized spacial score (nSPS) is 9.78. The highest BCUT2D eigenvalue weighted by Crippen LogP contribution is 2.16. The van der Waals surface area contributed by atoms with E-state index in [1.807, 2.05) is 41.1 Å². The summed E-state index contributed by atoms with van der Waals surface area (Å²) in [6.45, 7) is 1.18. The van der Waals surface area contributed by atoms with E-state index < -0.39 is 0 Å². The highest BCUT2D eigenvalue weighted by molar-refractivity contribution is 5.31. The molecule has 4 nitrogen and oxygen atoms in total. The fraction of sp³-hybridized carbons (Fsp3) is 0.214. The zero-order chi connectivity index (χ0) is 12.8. The van der Waals surface area contributed by atoms with Crippen molar-refractivity contribution in [3.8, 4) is 17.6 Å². The van der Waals surface area contributed by atoms with E-state index in [0.717, 1.165) is 11.5 Å². The van der Waals surface area contributed by atoms with Crippen LogP contribution >= 0.6 is 0 Å². The molecular weight excluding hydrogens is 228 g/mol. The van der Waals surface area contributed by atoms with E-state index in [4.69, 9.17) is 14.7 Å². The first-order valence-corrected chi connectivity index (χ1v) is 5.65. The third-order valence-electron chi connectivity index (χ3n) is 2.60. The van der Waals surface area contributed by atoms with Gasteiger partial charge in [-0.05, 0) is 36.4 Å². The minimum Gasteiger partial charge on any atom is -0.497 e. The van der Waals surface area contributed by atoms with Crippen molar-refractivity contribution < 1.29 is 9.47 Å². The van der Waals surface area contributed by atoms with Crippen LogP contribution in [0.25, 0.3) is 0 Å². The van der Waals surface area contributed by atoms with E-state index in [0.29, 0.717) is 18.8 Å². The minimum atomic E-state index is 0.524. The molecular formula is C14H14N2O2. The van der Waals surface area contributed by atoms with Crippen LogP contribution in [0, 0.1) is 11.3 Å². The Morgan fingerprint density at radius 2 is 1.89 bits per heavy atom. The van der Waals surface area contributed by atoms with Crippen LogP contribution in [0.4, 0.5) is 0 Å². The van der Waals surface area contributed by atoms with Gasteiger partial charge < -0.3 is 14.0 Å². The van der Waals surface area contributed by atoms with E-state index in [2.05, 4.69) is 6.07 Å². The Labute approximate surface area is 106 Å². The molecule has 0 aliphatic rings. The average molecular weight is 242 g/mol. The second-order valence-electron chi connectivity index (χ2n) is 3.72. The van der Waals surface area contributed by atoms with Crippen molar-refractivity contribution >= 4 is 0 Å². The first-order chi connectivity index (χ1) is 8.83. The van der Waals surface area contributed by atoms with Crippen molar-refractivity contribution in [3.63, 3.8) is 0 Å². The molecule has 92 valence electrons. The Hall–Kier alpha value is -2.41. The van der Waals surface area contributed by atoms with Gasteiger partial charge in [0.1, 0.15) is 29.9 Å². The van der Waals surface area contributed by atoms with Crippen molar-refractivity contribution in [2.75, 3.05) is 13.7 Å². The van der Waals surface area contributed by atoms with Crippen molar-refractivity contribution in [1.82, 2.24) is 4.57 Å². The lowest BCUT2D eigenvalue weighted by Gasteiger charge is -2.08. The van der Waals surface area contributed by atoms with E-state index in [1.54, 1.807) is 13.2 Å². The maximum atomic E-state index is 8.86. The largest absolute Gasteiger partial charge is 0.497 e. The van der Waals surface area contributed by atoms with Crippen LogP contribution in [-0.2, 0) is 6.54 Å². The molecule has 0 atom stereocenters. The number of nitrogens with zero attached hydrogens (tertiary/aromatic N) is 2. The van der Waals surface area contributed by atoms with Gasteiger partial charge >= 0.3 is 0 Å². The van der Waals surface area contributed by atoms with E-state index in [9.17, 15) is 0 Å². The molecule has 1 aromatic carbocycles. The standard InChI is InChI=1S/C14H14N2O2/c1-17-13-4-6-14(7-5-13)18-10-9-16-8-2-3-12(16)11-15/h2-8H,9-10H2,1H3. The quantitative estimate of drug-likeness (QED) is 0.809. The molecule has 0 saturated carbocycles. The SMILES string of the molecule is COc1ccc(OCCn2cccc2C#N)cc1. The summed E-state index contributed by atoms with van der Waals surface area (Å²) < 4.78 is 12.5. The first-order valence-electron chi connectivity index (χ1n) is 5.65. The van der Waals surface area contributed by atoms with Gasteiger partial charge in [-0.1, -0.05) is 0 Å². The second-order valence-corrected chi connectivity index (χ2v) is 3.72. The number of hydrogen-bond acceptors (Lipinski definition) is 3. The van der Waals surface area contributed by atoms with Crippen molar-refractivity contribution in [2.24, 2.45) is 0 Å². The number of hydrogen-bond donors (Lipinski definition) is 0. The summed E-state index contributed by atoms with van der Waals surface area (Å²) in [5.41, 5.74) is 0.647. The van der Waals surface area contributed by atoms with Crippen LogP contribution in [0.1, 0.15) is 5.69 Å². The first kappa shape index (κ1) is 12.1. The molecule has 2 aromatic rings. The predicted octanol–water partition coefficient (Wildman–Crippen LogP) is 2.45.